The second-order valence-corrected chi connectivity index (χ2v) is 4.64. The standard InChI is InChI=1S/C16H15N3O2/c1-3-21-16(20)14-12-9-18-19(2)13(12)10-17-15(14)11-7-5-4-6-8-11/h4-10H,3H2,1-2H3. The second-order valence-electron chi connectivity index (χ2n) is 4.64. The number of carbonyl (C=O) groups is 1. The first-order chi connectivity index (χ1) is 10.2. The summed E-state index contributed by atoms with van der Waals surface area (Å²) in [5, 5.41) is 4.96. The highest BCUT2D eigenvalue weighted by molar-refractivity contribution is 6.08. The van der Waals surface area contributed by atoms with Crippen molar-refractivity contribution in [2.75, 3.05) is 6.61 Å². The number of rotatable bonds is 3. The molecule has 0 bridgehead atoms. The Labute approximate surface area is 122 Å². The molecule has 0 spiro atoms. The minimum atomic E-state index is -0.373. The molecule has 0 aliphatic carbocycles. The highest BCUT2D eigenvalue weighted by atomic mass is 16.5. The fourth-order valence-electron chi connectivity index (χ4n) is 2.34. The summed E-state index contributed by atoms with van der Waals surface area (Å²) >= 11 is 0. The van der Waals surface area contributed by atoms with Crippen molar-refractivity contribution in [1.29, 1.82) is 0 Å². The molecule has 3 aromatic rings. The third-order valence-electron chi connectivity index (χ3n) is 3.33. The third kappa shape index (κ3) is 2.27. The predicted octanol–water partition coefficient (Wildman–Crippen LogP) is 2.81. The van der Waals surface area contributed by atoms with E-state index in [0.717, 1.165) is 16.5 Å². The molecule has 0 unspecified atom stereocenters. The first-order valence-electron chi connectivity index (χ1n) is 6.75. The highest BCUT2D eigenvalue weighted by Crippen LogP contribution is 2.28. The van der Waals surface area contributed by atoms with Crippen LogP contribution in [0, 0.1) is 0 Å². The molecule has 0 fully saturated rings. The van der Waals surface area contributed by atoms with Crippen LogP contribution in [-0.2, 0) is 11.8 Å². The van der Waals surface area contributed by atoms with Gasteiger partial charge in [0.2, 0.25) is 0 Å². The molecule has 1 aromatic carbocycles. The van der Waals surface area contributed by atoms with Crippen LogP contribution in [0.2, 0.25) is 0 Å². The van der Waals surface area contributed by atoms with Crippen LogP contribution in [0.15, 0.2) is 42.7 Å². The molecular weight excluding hydrogens is 266 g/mol. The minimum absolute atomic E-state index is 0.323. The molecule has 5 nitrogen and oxygen atoms in total. The first-order valence-corrected chi connectivity index (χ1v) is 6.75. The van der Waals surface area contributed by atoms with Crippen LogP contribution in [0.4, 0.5) is 0 Å². The highest BCUT2D eigenvalue weighted by Gasteiger charge is 2.20. The molecule has 106 valence electrons. The summed E-state index contributed by atoms with van der Waals surface area (Å²) in [7, 11) is 1.82. The Bertz CT molecular complexity index is 794. The Morgan fingerprint density at radius 3 is 2.71 bits per heavy atom. The van der Waals surface area contributed by atoms with Gasteiger partial charge in [-0.2, -0.15) is 5.10 Å². The number of carbonyl (C=O) groups excluding carboxylic acids is 1. The Balaban J connectivity index is 2.29. The van der Waals surface area contributed by atoms with Gasteiger partial charge in [0.25, 0.3) is 0 Å². The van der Waals surface area contributed by atoms with E-state index in [-0.39, 0.29) is 5.97 Å². The van der Waals surface area contributed by atoms with Gasteiger partial charge in [-0.25, -0.2) is 4.79 Å². The molecule has 0 N–H and O–H groups in total. The Hall–Kier alpha value is -2.69. The van der Waals surface area contributed by atoms with Crippen molar-refractivity contribution < 1.29 is 9.53 Å². The lowest BCUT2D eigenvalue weighted by Crippen LogP contribution is -2.08. The number of aromatic nitrogens is 3. The number of hydrogen-bond donors (Lipinski definition) is 0. The fraction of sp³-hybridized carbons (Fsp3) is 0.188. The minimum Gasteiger partial charge on any atom is -0.462 e. The van der Waals surface area contributed by atoms with Crippen molar-refractivity contribution in [2.24, 2.45) is 7.05 Å². The number of hydrogen-bond acceptors (Lipinski definition) is 4. The molecule has 2 aromatic heterocycles. The van der Waals surface area contributed by atoms with Crippen LogP contribution in [0.25, 0.3) is 22.2 Å². The van der Waals surface area contributed by atoms with Gasteiger partial charge in [-0.3, -0.25) is 9.67 Å². The maximum absolute atomic E-state index is 12.4. The van der Waals surface area contributed by atoms with Crippen molar-refractivity contribution in [3.63, 3.8) is 0 Å². The largest absolute Gasteiger partial charge is 0.462 e. The Kier molecular flexibility index (Phi) is 3.39. The molecule has 0 atom stereocenters. The SMILES string of the molecule is CCOC(=O)c1c(-c2ccccc2)ncc2c1cnn2C. The summed E-state index contributed by atoms with van der Waals surface area (Å²) in [4.78, 5) is 16.8. The lowest BCUT2D eigenvalue weighted by molar-refractivity contribution is 0.0529. The van der Waals surface area contributed by atoms with Crippen molar-refractivity contribution >= 4 is 16.9 Å². The molecule has 0 saturated heterocycles. The topological polar surface area (TPSA) is 57.0 Å². The molecule has 0 aliphatic rings. The lowest BCUT2D eigenvalue weighted by atomic mass is 10.0. The number of fused-ring (bicyclic) bond motifs is 1. The van der Waals surface area contributed by atoms with Crippen LogP contribution < -0.4 is 0 Å². The van der Waals surface area contributed by atoms with Gasteiger partial charge < -0.3 is 4.74 Å². The summed E-state index contributed by atoms with van der Waals surface area (Å²) in [5.41, 5.74) is 2.77. The molecule has 0 aliphatic heterocycles. The van der Waals surface area contributed by atoms with Crippen LogP contribution in [0.5, 0.6) is 0 Å². The van der Waals surface area contributed by atoms with Gasteiger partial charge >= 0.3 is 5.97 Å². The Morgan fingerprint density at radius 1 is 1.24 bits per heavy atom. The van der Waals surface area contributed by atoms with Gasteiger partial charge in [0.15, 0.2) is 0 Å². The van der Waals surface area contributed by atoms with Crippen molar-refractivity contribution in [3.8, 4) is 11.3 Å². The summed E-state index contributed by atoms with van der Waals surface area (Å²) < 4.78 is 6.89. The molecular formula is C16H15N3O2. The van der Waals surface area contributed by atoms with Crippen molar-refractivity contribution in [1.82, 2.24) is 14.8 Å². The van der Waals surface area contributed by atoms with Crippen LogP contribution >= 0.6 is 0 Å². The number of pyridine rings is 1. The van der Waals surface area contributed by atoms with E-state index in [9.17, 15) is 4.79 Å². The van der Waals surface area contributed by atoms with E-state index in [2.05, 4.69) is 10.1 Å². The van der Waals surface area contributed by atoms with Gasteiger partial charge in [-0.1, -0.05) is 30.3 Å². The van der Waals surface area contributed by atoms with E-state index in [0.29, 0.717) is 17.9 Å². The summed E-state index contributed by atoms with van der Waals surface area (Å²) in [6.07, 6.45) is 3.41. The number of aryl methyl sites for hydroxylation is 1. The number of benzene rings is 1. The third-order valence-corrected chi connectivity index (χ3v) is 3.33. The smallest absolute Gasteiger partial charge is 0.341 e. The molecule has 3 rings (SSSR count). The Morgan fingerprint density at radius 2 is 2.00 bits per heavy atom. The van der Waals surface area contributed by atoms with E-state index < -0.39 is 0 Å². The molecule has 2 heterocycles. The van der Waals surface area contributed by atoms with Gasteiger partial charge in [-0.05, 0) is 6.92 Å². The molecule has 0 amide bonds. The number of esters is 1. The van der Waals surface area contributed by atoms with E-state index in [1.807, 2.05) is 37.4 Å². The van der Waals surface area contributed by atoms with Crippen LogP contribution in [0.1, 0.15) is 17.3 Å². The summed E-state index contributed by atoms with van der Waals surface area (Å²) in [6, 6.07) is 9.61. The first kappa shape index (κ1) is 13.3. The second kappa shape index (κ2) is 5.36. The van der Waals surface area contributed by atoms with E-state index in [4.69, 9.17) is 4.74 Å². The fourth-order valence-corrected chi connectivity index (χ4v) is 2.34. The van der Waals surface area contributed by atoms with Gasteiger partial charge in [-0.15, -0.1) is 0 Å². The average Bonchev–Trinajstić information content (AvgIpc) is 2.89. The van der Waals surface area contributed by atoms with Gasteiger partial charge in [0, 0.05) is 18.0 Å². The van der Waals surface area contributed by atoms with E-state index in [1.165, 1.54) is 0 Å². The zero-order valence-electron chi connectivity index (χ0n) is 11.9. The van der Waals surface area contributed by atoms with Crippen molar-refractivity contribution in [3.05, 3.63) is 48.3 Å². The average molecular weight is 281 g/mol. The predicted molar refractivity (Wildman–Crippen MR) is 79.9 cm³/mol. The monoisotopic (exact) mass is 281 g/mol. The summed E-state index contributed by atoms with van der Waals surface area (Å²) in [6.45, 7) is 2.11. The summed E-state index contributed by atoms with van der Waals surface area (Å²) in [5.74, 6) is -0.373. The van der Waals surface area contributed by atoms with Crippen molar-refractivity contribution in [2.45, 2.75) is 6.92 Å². The molecule has 0 saturated carbocycles. The molecule has 0 radical (unpaired) electrons. The molecule has 5 heteroatoms. The van der Waals surface area contributed by atoms with E-state index >= 15 is 0 Å². The van der Waals surface area contributed by atoms with Gasteiger partial charge in [0.1, 0.15) is 0 Å². The van der Waals surface area contributed by atoms with Crippen LogP contribution in [-0.4, -0.2) is 27.3 Å². The number of ether oxygens (including phenoxy) is 1. The van der Waals surface area contributed by atoms with Crippen LogP contribution in [0.3, 0.4) is 0 Å². The zero-order chi connectivity index (χ0) is 14.8. The lowest BCUT2D eigenvalue weighted by Gasteiger charge is -2.09. The number of nitrogens with zero attached hydrogens (tertiary/aromatic N) is 3. The zero-order valence-corrected chi connectivity index (χ0v) is 11.9. The quantitative estimate of drug-likeness (QED) is 0.693. The molecule has 21 heavy (non-hydrogen) atoms. The van der Waals surface area contributed by atoms with E-state index in [1.54, 1.807) is 24.0 Å². The van der Waals surface area contributed by atoms with Gasteiger partial charge in [0.05, 0.1) is 35.8 Å². The maximum Gasteiger partial charge on any atom is 0.341 e. The normalized spacial score (nSPS) is 10.8. The maximum atomic E-state index is 12.4.